The standard InChI is InChI=1S/2C8H7O.Co/c2*1-2-7-5-3-4-6-8(7)9;/h2*1-6,9H;/q2*-1;+2. The molecular formula is C16H14CoO2. The van der Waals surface area contributed by atoms with Crippen molar-refractivity contribution in [2.24, 2.45) is 0 Å². The summed E-state index contributed by atoms with van der Waals surface area (Å²) in [5.74, 6) is 0.444. The Hall–Kier alpha value is -1.97. The van der Waals surface area contributed by atoms with Gasteiger partial charge in [-0.3, -0.25) is 13.2 Å². The van der Waals surface area contributed by atoms with Gasteiger partial charge in [-0.05, 0) is 12.1 Å². The van der Waals surface area contributed by atoms with E-state index in [0.29, 0.717) is 11.1 Å². The first-order valence-electron chi connectivity index (χ1n) is 5.35. The smallest absolute Gasteiger partial charge is 0.526 e. The van der Waals surface area contributed by atoms with Crippen LogP contribution in [0.3, 0.4) is 0 Å². The minimum atomic E-state index is 0. The first-order chi connectivity index (χ1) is 8.69. The van der Waals surface area contributed by atoms with E-state index in [-0.39, 0.29) is 28.3 Å². The van der Waals surface area contributed by atoms with Crippen molar-refractivity contribution in [2.45, 2.75) is 0 Å². The van der Waals surface area contributed by atoms with E-state index in [1.165, 1.54) is 12.2 Å². The maximum atomic E-state index is 9.00. The van der Waals surface area contributed by atoms with Crippen LogP contribution in [0.4, 0.5) is 0 Å². The van der Waals surface area contributed by atoms with Crippen LogP contribution in [-0.2, 0) is 16.8 Å². The Morgan fingerprint density at radius 2 is 1.00 bits per heavy atom. The number of para-hydroxylation sites is 2. The van der Waals surface area contributed by atoms with Crippen LogP contribution in [0.15, 0.2) is 48.5 Å². The Labute approximate surface area is 123 Å². The number of hydrogen-bond donors (Lipinski definition) is 2. The fraction of sp³-hybridized carbons (Fsp3) is 0. The topological polar surface area (TPSA) is 40.5 Å². The number of aromatic hydroxyl groups is 2. The Morgan fingerprint density at radius 3 is 1.21 bits per heavy atom. The van der Waals surface area contributed by atoms with Crippen molar-refractivity contribution in [3.05, 3.63) is 72.8 Å². The second kappa shape index (κ2) is 9.02. The number of phenols is 2. The summed E-state index contributed by atoms with van der Waals surface area (Å²) in [6.45, 7) is 10.3. The molecule has 2 rings (SSSR count). The molecule has 0 fully saturated rings. The monoisotopic (exact) mass is 297 g/mol. The molecule has 0 unspecified atom stereocenters. The van der Waals surface area contributed by atoms with E-state index in [0.717, 1.165) is 0 Å². The van der Waals surface area contributed by atoms with Crippen molar-refractivity contribution in [2.75, 3.05) is 0 Å². The third kappa shape index (κ3) is 5.46. The molecule has 2 N–H and O–H groups in total. The quantitative estimate of drug-likeness (QED) is 0.830. The molecule has 3 heteroatoms. The van der Waals surface area contributed by atoms with Crippen molar-refractivity contribution in [3.63, 3.8) is 0 Å². The van der Waals surface area contributed by atoms with Gasteiger partial charge in [0.15, 0.2) is 0 Å². The second-order valence-electron chi connectivity index (χ2n) is 3.45. The predicted molar refractivity (Wildman–Crippen MR) is 73.7 cm³/mol. The summed E-state index contributed by atoms with van der Waals surface area (Å²) in [5, 5.41) is 18.0. The van der Waals surface area contributed by atoms with Crippen molar-refractivity contribution in [1.29, 1.82) is 0 Å². The van der Waals surface area contributed by atoms with Crippen molar-refractivity contribution in [1.82, 2.24) is 0 Å². The van der Waals surface area contributed by atoms with Crippen LogP contribution in [0.1, 0.15) is 11.1 Å². The minimum absolute atomic E-state index is 0. The molecular weight excluding hydrogens is 283 g/mol. The molecule has 2 aromatic carbocycles. The molecule has 0 saturated heterocycles. The SMILES string of the molecule is [CH-]=Cc1ccccc1O.[CH-]=Cc1ccccc1O.[Co+2]. The summed E-state index contributed by atoms with van der Waals surface area (Å²) >= 11 is 0. The second-order valence-corrected chi connectivity index (χ2v) is 3.45. The van der Waals surface area contributed by atoms with Crippen LogP contribution in [0.25, 0.3) is 12.2 Å². The zero-order chi connectivity index (χ0) is 13.4. The molecule has 99 valence electrons. The molecule has 0 aliphatic carbocycles. The van der Waals surface area contributed by atoms with Crippen LogP contribution in [-0.4, -0.2) is 10.2 Å². The van der Waals surface area contributed by atoms with Gasteiger partial charge in [0.1, 0.15) is 0 Å². The van der Waals surface area contributed by atoms with Gasteiger partial charge in [0.25, 0.3) is 0 Å². The van der Waals surface area contributed by atoms with Crippen molar-refractivity contribution < 1.29 is 27.0 Å². The van der Waals surface area contributed by atoms with Gasteiger partial charge in [0, 0.05) is 11.5 Å². The number of rotatable bonds is 2. The van der Waals surface area contributed by atoms with E-state index in [4.69, 9.17) is 23.4 Å². The normalized spacial score (nSPS) is 8.42. The molecule has 2 aromatic rings. The first kappa shape index (κ1) is 17.0. The number of hydrogen-bond acceptors (Lipinski definition) is 2. The van der Waals surface area contributed by atoms with E-state index in [1.54, 1.807) is 36.4 Å². The average Bonchev–Trinajstić information content (AvgIpc) is 2.41. The first-order valence-corrected chi connectivity index (χ1v) is 5.35. The van der Waals surface area contributed by atoms with Gasteiger partial charge >= 0.3 is 16.8 Å². The van der Waals surface area contributed by atoms with E-state index in [9.17, 15) is 0 Å². The van der Waals surface area contributed by atoms with Gasteiger partial charge in [0.2, 0.25) is 0 Å². The molecule has 0 spiro atoms. The van der Waals surface area contributed by atoms with E-state index in [1.807, 2.05) is 12.1 Å². The maximum absolute atomic E-state index is 9.00. The van der Waals surface area contributed by atoms with Crippen molar-refractivity contribution >= 4 is 12.2 Å². The third-order valence-corrected chi connectivity index (χ3v) is 2.23. The van der Waals surface area contributed by atoms with Crippen molar-refractivity contribution in [3.8, 4) is 11.5 Å². The Morgan fingerprint density at radius 1 is 0.684 bits per heavy atom. The zero-order valence-corrected chi connectivity index (χ0v) is 11.2. The average molecular weight is 297 g/mol. The fourth-order valence-electron chi connectivity index (χ4n) is 1.26. The van der Waals surface area contributed by atoms with E-state index >= 15 is 0 Å². The van der Waals surface area contributed by atoms with Gasteiger partial charge in [-0.1, -0.05) is 24.3 Å². The van der Waals surface area contributed by atoms with E-state index < -0.39 is 0 Å². The molecule has 2 nitrogen and oxygen atoms in total. The summed E-state index contributed by atoms with van der Waals surface area (Å²) in [5.41, 5.74) is 1.33. The number of phenolic OH excluding ortho intramolecular Hbond substituents is 2. The van der Waals surface area contributed by atoms with Gasteiger partial charge in [-0.25, -0.2) is 12.2 Å². The molecule has 0 amide bonds. The summed E-state index contributed by atoms with van der Waals surface area (Å²) in [6.07, 6.45) is 2.74. The summed E-state index contributed by atoms with van der Waals surface area (Å²) < 4.78 is 0. The van der Waals surface area contributed by atoms with Gasteiger partial charge < -0.3 is 10.2 Å². The zero-order valence-electron chi connectivity index (χ0n) is 10.2. The summed E-state index contributed by atoms with van der Waals surface area (Å²) in [7, 11) is 0. The van der Waals surface area contributed by atoms with Crippen LogP contribution < -0.4 is 0 Å². The van der Waals surface area contributed by atoms with Crippen LogP contribution >= 0.6 is 0 Å². The summed E-state index contributed by atoms with van der Waals surface area (Å²) in [4.78, 5) is 0. The molecule has 0 saturated carbocycles. The molecule has 0 atom stereocenters. The molecule has 19 heavy (non-hydrogen) atoms. The van der Waals surface area contributed by atoms with Gasteiger partial charge in [0.05, 0.1) is 0 Å². The van der Waals surface area contributed by atoms with Crippen LogP contribution in [0, 0.1) is 13.2 Å². The van der Waals surface area contributed by atoms with Gasteiger partial charge in [-0.2, -0.15) is 0 Å². The molecule has 1 radical (unpaired) electrons. The third-order valence-electron chi connectivity index (χ3n) is 2.23. The molecule has 0 aliphatic rings. The largest absolute Gasteiger partial charge is 2.00 e. The Balaban J connectivity index is 0.000000324. The Kier molecular flexibility index (Phi) is 8.09. The predicted octanol–water partition coefficient (Wildman–Crippen LogP) is 3.67. The van der Waals surface area contributed by atoms with Gasteiger partial charge in [-0.15, -0.1) is 23.3 Å². The molecule has 0 bridgehead atoms. The minimum Gasteiger partial charge on any atom is -0.526 e. The molecule has 0 aromatic heterocycles. The molecule has 0 heterocycles. The molecule has 0 aliphatic heterocycles. The number of benzene rings is 2. The van der Waals surface area contributed by atoms with Crippen LogP contribution in [0.5, 0.6) is 11.5 Å². The maximum Gasteiger partial charge on any atom is 2.00 e. The fourth-order valence-corrected chi connectivity index (χ4v) is 1.26. The Bertz CT molecular complexity index is 486. The van der Waals surface area contributed by atoms with Crippen LogP contribution in [0.2, 0.25) is 0 Å². The summed E-state index contributed by atoms with van der Waals surface area (Å²) in [6, 6.07) is 13.8. The van der Waals surface area contributed by atoms with E-state index in [2.05, 4.69) is 0 Å².